The summed E-state index contributed by atoms with van der Waals surface area (Å²) in [5.41, 5.74) is 1.78. The average Bonchev–Trinajstić information content (AvgIpc) is 3.05. The van der Waals surface area contributed by atoms with E-state index in [1.54, 1.807) is 17.4 Å². The molecule has 32 heavy (non-hydrogen) atoms. The van der Waals surface area contributed by atoms with E-state index in [9.17, 15) is 13.6 Å². The van der Waals surface area contributed by atoms with Gasteiger partial charge in [-0.05, 0) is 74.8 Å². The fourth-order valence-corrected chi connectivity index (χ4v) is 5.03. The van der Waals surface area contributed by atoms with Crippen molar-refractivity contribution >= 4 is 38.8 Å². The van der Waals surface area contributed by atoms with Crippen LogP contribution in [0, 0.1) is 11.6 Å². The number of rotatable bonds is 7. The molecule has 0 radical (unpaired) electrons. The molecule has 2 heterocycles. The number of urea groups is 1. The van der Waals surface area contributed by atoms with Gasteiger partial charge in [-0.1, -0.05) is 0 Å². The Morgan fingerprint density at radius 2 is 1.78 bits per heavy atom. The molecular weight excluding hydrogens is 430 g/mol. The summed E-state index contributed by atoms with van der Waals surface area (Å²) in [6.45, 7) is 5.63. The number of hydrogen-bond acceptors (Lipinski definition) is 4. The van der Waals surface area contributed by atoms with E-state index in [4.69, 9.17) is 0 Å². The molecule has 2 amide bonds. The van der Waals surface area contributed by atoms with Crippen molar-refractivity contribution in [2.45, 2.75) is 19.3 Å². The zero-order valence-electron chi connectivity index (χ0n) is 17.9. The van der Waals surface area contributed by atoms with Crippen LogP contribution in [-0.4, -0.2) is 50.2 Å². The molecule has 0 bridgehead atoms. The first-order valence-electron chi connectivity index (χ1n) is 11.0. The minimum Gasteiger partial charge on any atom is -0.369 e. The lowest BCUT2D eigenvalue weighted by molar-refractivity contribution is 0.251. The van der Waals surface area contributed by atoms with Crippen molar-refractivity contribution < 1.29 is 13.6 Å². The van der Waals surface area contributed by atoms with E-state index in [-0.39, 0.29) is 17.7 Å². The van der Waals surface area contributed by atoms with Gasteiger partial charge in [-0.3, -0.25) is 0 Å². The first-order valence-corrected chi connectivity index (χ1v) is 11.9. The Morgan fingerprint density at radius 1 is 0.969 bits per heavy atom. The Bertz CT molecular complexity index is 1040. The molecule has 4 rings (SSSR count). The third-order valence-corrected chi connectivity index (χ3v) is 6.67. The number of nitrogens with one attached hydrogen (secondary N) is 2. The molecule has 1 aliphatic rings. The molecule has 2 aromatic carbocycles. The Hall–Kier alpha value is -2.71. The van der Waals surface area contributed by atoms with Crippen LogP contribution >= 0.6 is 11.3 Å². The van der Waals surface area contributed by atoms with Crippen molar-refractivity contribution in [2.24, 2.45) is 0 Å². The lowest BCUT2D eigenvalue weighted by atomic mass is 10.2. The van der Waals surface area contributed by atoms with Gasteiger partial charge in [0.15, 0.2) is 0 Å². The highest BCUT2D eigenvalue weighted by molar-refractivity contribution is 7.17. The summed E-state index contributed by atoms with van der Waals surface area (Å²) in [5, 5.41) is 8.82. The third kappa shape index (κ3) is 5.95. The molecule has 0 aliphatic carbocycles. The zero-order valence-corrected chi connectivity index (χ0v) is 18.8. The van der Waals surface area contributed by atoms with Crippen LogP contribution in [0.15, 0.2) is 47.8 Å². The maximum Gasteiger partial charge on any atom is 0.319 e. The van der Waals surface area contributed by atoms with Gasteiger partial charge >= 0.3 is 6.03 Å². The highest BCUT2D eigenvalue weighted by atomic mass is 32.1. The average molecular weight is 459 g/mol. The maximum absolute atomic E-state index is 13.5. The lowest BCUT2D eigenvalue weighted by Gasteiger charge is -2.23. The molecular formula is C24H28F2N4OS. The zero-order chi connectivity index (χ0) is 22.3. The molecule has 2 N–H and O–H groups in total. The van der Waals surface area contributed by atoms with E-state index >= 15 is 0 Å². The second-order valence-electron chi connectivity index (χ2n) is 8.04. The van der Waals surface area contributed by atoms with Crippen molar-refractivity contribution in [1.82, 2.24) is 10.2 Å². The van der Waals surface area contributed by atoms with Crippen LogP contribution in [-0.2, 0) is 0 Å². The summed E-state index contributed by atoms with van der Waals surface area (Å²) in [4.78, 5) is 16.8. The molecule has 0 spiro atoms. The van der Waals surface area contributed by atoms with Crippen LogP contribution in [0.25, 0.3) is 10.1 Å². The fourth-order valence-electron chi connectivity index (χ4n) is 4.04. The number of hydrogen-bond donors (Lipinski definition) is 2. The Morgan fingerprint density at radius 3 is 2.62 bits per heavy atom. The fraction of sp³-hybridized carbons (Fsp3) is 0.375. The summed E-state index contributed by atoms with van der Waals surface area (Å²) in [6, 6.07) is 10.5. The molecule has 0 saturated carbocycles. The first-order chi connectivity index (χ1) is 15.6. The van der Waals surface area contributed by atoms with E-state index in [0.29, 0.717) is 12.2 Å². The molecule has 1 aliphatic heterocycles. The van der Waals surface area contributed by atoms with Crippen LogP contribution in [0.3, 0.4) is 0 Å². The van der Waals surface area contributed by atoms with Crippen molar-refractivity contribution in [3.8, 4) is 0 Å². The number of nitrogens with zero attached hydrogens (tertiary/aromatic N) is 2. The van der Waals surface area contributed by atoms with Crippen LogP contribution in [0.2, 0.25) is 0 Å². The number of fused-ring (bicyclic) bond motifs is 1. The molecule has 5 nitrogen and oxygen atoms in total. The topological polar surface area (TPSA) is 47.6 Å². The van der Waals surface area contributed by atoms with Crippen LogP contribution in [0.5, 0.6) is 0 Å². The van der Waals surface area contributed by atoms with Crippen molar-refractivity contribution in [2.75, 3.05) is 49.5 Å². The molecule has 3 aromatic rings. The highest BCUT2D eigenvalue weighted by Gasteiger charge is 2.17. The van der Waals surface area contributed by atoms with Crippen LogP contribution in [0.1, 0.15) is 19.3 Å². The lowest BCUT2D eigenvalue weighted by Crippen LogP contribution is -2.32. The van der Waals surface area contributed by atoms with E-state index in [2.05, 4.69) is 25.8 Å². The second-order valence-corrected chi connectivity index (χ2v) is 8.95. The predicted molar refractivity (Wildman–Crippen MR) is 128 cm³/mol. The van der Waals surface area contributed by atoms with Crippen molar-refractivity contribution in [3.63, 3.8) is 0 Å². The van der Waals surface area contributed by atoms with Gasteiger partial charge in [-0.2, -0.15) is 0 Å². The van der Waals surface area contributed by atoms with Gasteiger partial charge in [0.05, 0.1) is 5.69 Å². The minimum atomic E-state index is -0.327. The van der Waals surface area contributed by atoms with Crippen molar-refractivity contribution in [3.05, 3.63) is 59.5 Å². The van der Waals surface area contributed by atoms with Gasteiger partial charge in [0.1, 0.15) is 11.6 Å². The van der Waals surface area contributed by atoms with Crippen LogP contribution in [0.4, 0.5) is 25.0 Å². The number of carbonyl (C=O) groups is 1. The summed E-state index contributed by atoms with van der Waals surface area (Å²) >= 11 is 1.60. The van der Waals surface area contributed by atoms with Crippen molar-refractivity contribution in [1.29, 1.82) is 0 Å². The molecule has 170 valence electrons. The molecule has 1 saturated heterocycles. The molecule has 1 fully saturated rings. The van der Waals surface area contributed by atoms with Gasteiger partial charge in [0, 0.05) is 47.3 Å². The minimum absolute atomic E-state index is 0.185. The number of halogens is 2. The number of benzene rings is 2. The monoisotopic (exact) mass is 458 g/mol. The highest BCUT2D eigenvalue weighted by Crippen LogP contribution is 2.34. The van der Waals surface area contributed by atoms with Gasteiger partial charge in [0.25, 0.3) is 0 Å². The summed E-state index contributed by atoms with van der Waals surface area (Å²) < 4.78 is 27.4. The number of amides is 2. The van der Waals surface area contributed by atoms with Gasteiger partial charge < -0.3 is 20.4 Å². The van der Waals surface area contributed by atoms with E-state index < -0.39 is 0 Å². The van der Waals surface area contributed by atoms with Gasteiger partial charge in [-0.15, -0.1) is 11.3 Å². The Labute approximate surface area is 191 Å². The standard InChI is InChI=1S/C24H28F2N4OS/c25-18-4-7-20(8-5-18)28-24(31)27-10-1-2-11-29-12-3-13-30(15-14-29)22-17-32-23-16-19(26)6-9-21(22)23/h4-9,16-17H,1-3,10-15H2,(H2,27,28,31). The smallest absolute Gasteiger partial charge is 0.319 e. The van der Waals surface area contributed by atoms with E-state index in [1.165, 1.54) is 36.0 Å². The summed E-state index contributed by atoms with van der Waals surface area (Å²) in [5.74, 6) is -0.512. The molecule has 0 unspecified atom stereocenters. The molecule has 0 atom stereocenters. The number of thiophene rings is 1. The largest absolute Gasteiger partial charge is 0.369 e. The number of unbranched alkanes of at least 4 members (excludes halogenated alkanes) is 1. The predicted octanol–water partition coefficient (Wildman–Crippen LogP) is 5.29. The SMILES string of the molecule is O=C(NCCCCN1CCCN(c2csc3cc(F)ccc23)CC1)Nc1ccc(F)cc1. The summed E-state index contributed by atoms with van der Waals surface area (Å²) in [7, 11) is 0. The Kier molecular flexibility index (Phi) is 7.55. The van der Waals surface area contributed by atoms with Gasteiger partial charge in [-0.25, -0.2) is 13.6 Å². The second kappa shape index (κ2) is 10.7. The maximum atomic E-state index is 13.5. The number of anilines is 2. The summed E-state index contributed by atoms with van der Waals surface area (Å²) in [6.07, 6.45) is 3.01. The van der Waals surface area contributed by atoms with Gasteiger partial charge in [0.2, 0.25) is 0 Å². The van der Waals surface area contributed by atoms with E-state index in [0.717, 1.165) is 62.1 Å². The van der Waals surface area contributed by atoms with E-state index in [1.807, 2.05) is 6.07 Å². The quantitative estimate of drug-likeness (QED) is 0.473. The normalized spacial score (nSPS) is 15.0. The molecule has 1 aromatic heterocycles. The Balaban J connectivity index is 1.16. The van der Waals surface area contributed by atoms with Crippen LogP contribution < -0.4 is 15.5 Å². The first kappa shape index (κ1) is 22.5. The third-order valence-electron chi connectivity index (χ3n) is 5.74. The molecule has 8 heteroatoms. The number of carbonyl (C=O) groups excluding carboxylic acids is 1.